The number of nitrogens with zero attached hydrogens (tertiary/aromatic N) is 2. The third kappa shape index (κ3) is 2.81. The van der Waals surface area contributed by atoms with Crippen LogP contribution in [0.25, 0.3) is 0 Å². The molecule has 2 rings (SSSR count). The maximum atomic E-state index is 11.8. The Morgan fingerprint density at radius 2 is 2.15 bits per heavy atom. The fraction of sp³-hybridized carbons (Fsp3) is 0.462. The van der Waals surface area contributed by atoms with Crippen molar-refractivity contribution in [2.45, 2.75) is 18.9 Å². The minimum Gasteiger partial charge on any atom is -0.351 e. The van der Waals surface area contributed by atoms with Crippen LogP contribution in [0.1, 0.15) is 23.3 Å². The minimum absolute atomic E-state index is 0.142. The highest BCUT2D eigenvalue weighted by Gasteiger charge is 2.34. The van der Waals surface area contributed by atoms with E-state index in [2.05, 4.69) is 10.6 Å². The van der Waals surface area contributed by atoms with Gasteiger partial charge in [-0.1, -0.05) is 0 Å². The van der Waals surface area contributed by atoms with Gasteiger partial charge in [-0.3, -0.25) is 14.5 Å². The molecule has 0 aromatic carbocycles. The third-order valence-electron chi connectivity index (χ3n) is 3.36. The highest BCUT2D eigenvalue weighted by atomic mass is 16.2. The number of aromatic nitrogens is 1. The molecule has 1 fully saturated rings. The van der Waals surface area contributed by atoms with Gasteiger partial charge in [0.2, 0.25) is 0 Å². The number of nitrogens with one attached hydrogen (secondary N) is 2. The summed E-state index contributed by atoms with van der Waals surface area (Å²) in [6.45, 7) is 0.466. The molecule has 1 aromatic heterocycles. The Bertz CT molecular complexity index is 537. The highest BCUT2D eigenvalue weighted by Crippen LogP contribution is 2.08. The van der Waals surface area contributed by atoms with E-state index in [1.54, 1.807) is 29.9 Å². The molecule has 0 radical (unpaired) electrons. The van der Waals surface area contributed by atoms with E-state index < -0.39 is 6.04 Å². The number of rotatable bonds is 5. The molecule has 1 aromatic rings. The molecular formula is C13H18N4O3. The quantitative estimate of drug-likeness (QED) is 0.591. The van der Waals surface area contributed by atoms with Gasteiger partial charge >= 0.3 is 6.03 Å². The third-order valence-corrected chi connectivity index (χ3v) is 3.36. The molecule has 1 atom stereocenters. The average Bonchev–Trinajstić information content (AvgIpc) is 2.94. The number of urea groups is 1. The molecule has 0 spiro atoms. The molecule has 7 heteroatoms. The topological polar surface area (TPSA) is 83.4 Å². The molecule has 0 saturated carbocycles. The second-order valence-electron chi connectivity index (χ2n) is 4.80. The second-order valence-corrected chi connectivity index (χ2v) is 4.80. The number of likely N-dealkylation sites (N-methyl/N-ethyl adjacent to an activating group) is 1. The lowest BCUT2D eigenvalue weighted by atomic mass is 10.1. The lowest BCUT2D eigenvalue weighted by molar-refractivity contribution is -0.126. The van der Waals surface area contributed by atoms with E-state index >= 15 is 0 Å². The number of hydrogen-bond acceptors (Lipinski definition) is 3. The van der Waals surface area contributed by atoms with E-state index in [0.717, 1.165) is 4.90 Å². The van der Waals surface area contributed by atoms with Crippen LogP contribution in [0.3, 0.4) is 0 Å². The normalized spacial score (nSPS) is 18.3. The molecule has 2 N–H and O–H groups in total. The number of aryl methyl sites for hydroxylation is 1. The van der Waals surface area contributed by atoms with Crippen molar-refractivity contribution in [2.24, 2.45) is 7.05 Å². The van der Waals surface area contributed by atoms with E-state index in [1.165, 1.54) is 7.05 Å². The number of carbonyl (C=O) groups excluding carboxylic acids is 3. The number of hydrogen-bond donors (Lipinski definition) is 2. The van der Waals surface area contributed by atoms with Crippen molar-refractivity contribution in [3.05, 3.63) is 24.0 Å². The first-order valence-corrected chi connectivity index (χ1v) is 6.48. The molecular weight excluding hydrogens is 260 g/mol. The number of carbonyl (C=O) groups is 3. The maximum Gasteiger partial charge on any atom is 0.324 e. The SMILES string of the molecule is CN1C(=O)NC(CCCNC(=O)c2cccn2C)C1=O. The molecule has 0 aliphatic carbocycles. The van der Waals surface area contributed by atoms with Gasteiger partial charge in [-0.2, -0.15) is 0 Å². The van der Waals surface area contributed by atoms with Crippen molar-refractivity contribution in [1.82, 2.24) is 20.1 Å². The molecule has 7 nitrogen and oxygen atoms in total. The van der Waals surface area contributed by atoms with E-state index in [-0.39, 0.29) is 17.8 Å². The van der Waals surface area contributed by atoms with Gasteiger partial charge in [0.1, 0.15) is 11.7 Å². The first-order valence-electron chi connectivity index (χ1n) is 6.48. The van der Waals surface area contributed by atoms with Crippen molar-refractivity contribution >= 4 is 17.8 Å². The van der Waals surface area contributed by atoms with Crippen LogP contribution in [0.2, 0.25) is 0 Å². The zero-order chi connectivity index (χ0) is 14.7. The summed E-state index contributed by atoms with van der Waals surface area (Å²) < 4.78 is 1.74. The Hall–Kier alpha value is -2.31. The largest absolute Gasteiger partial charge is 0.351 e. The molecule has 1 aliphatic rings. The van der Waals surface area contributed by atoms with Gasteiger partial charge in [0, 0.05) is 26.8 Å². The Morgan fingerprint density at radius 3 is 2.70 bits per heavy atom. The summed E-state index contributed by atoms with van der Waals surface area (Å²) in [5.41, 5.74) is 0.593. The summed E-state index contributed by atoms with van der Waals surface area (Å²) in [5.74, 6) is -0.361. The van der Waals surface area contributed by atoms with Crippen LogP contribution in [0.15, 0.2) is 18.3 Å². The van der Waals surface area contributed by atoms with Crippen molar-refractivity contribution in [1.29, 1.82) is 0 Å². The lowest BCUT2D eigenvalue weighted by Crippen LogP contribution is -2.31. The van der Waals surface area contributed by atoms with Crippen LogP contribution in [-0.2, 0) is 11.8 Å². The van der Waals surface area contributed by atoms with Gasteiger partial charge in [0.25, 0.3) is 11.8 Å². The van der Waals surface area contributed by atoms with Crippen molar-refractivity contribution in [3.63, 3.8) is 0 Å². The summed E-state index contributed by atoms with van der Waals surface area (Å²) in [6, 6.07) is 2.70. The molecule has 2 heterocycles. The van der Waals surface area contributed by atoms with Crippen molar-refractivity contribution in [3.8, 4) is 0 Å². The predicted octanol–water partition coefficient (Wildman–Crippen LogP) is 0.0853. The van der Waals surface area contributed by atoms with Crippen LogP contribution < -0.4 is 10.6 Å². The monoisotopic (exact) mass is 278 g/mol. The van der Waals surface area contributed by atoms with Crippen LogP contribution in [-0.4, -0.2) is 46.9 Å². The van der Waals surface area contributed by atoms with Gasteiger partial charge in [-0.15, -0.1) is 0 Å². The van der Waals surface area contributed by atoms with Gasteiger partial charge in [-0.25, -0.2) is 4.79 Å². The van der Waals surface area contributed by atoms with E-state index in [0.29, 0.717) is 25.1 Å². The van der Waals surface area contributed by atoms with Crippen LogP contribution in [0.5, 0.6) is 0 Å². The smallest absolute Gasteiger partial charge is 0.324 e. The Kier molecular flexibility index (Phi) is 4.07. The predicted molar refractivity (Wildman–Crippen MR) is 72.1 cm³/mol. The highest BCUT2D eigenvalue weighted by molar-refractivity contribution is 6.03. The Morgan fingerprint density at radius 1 is 1.40 bits per heavy atom. The summed E-state index contributed by atoms with van der Waals surface area (Å²) in [4.78, 5) is 35.8. The average molecular weight is 278 g/mol. The van der Waals surface area contributed by atoms with Crippen LogP contribution in [0, 0.1) is 0 Å². The van der Waals surface area contributed by atoms with Gasteiger partial charge in [0.05, 0.1) is 0 Å². The van der Waals surface area contributed by atoms with Crippen LogP contribution >= 0.6 is 0 Å². The second kappa shape index (κ2) is 5.77. The van der Waals surface area contributed by atoms with Gasteiger partial charge < -0.3 is 15.2 Å². The van der Waals surface area contributed by atoms with Gasteiger partial charge in [0.15, 0.2) is 0 Å². The number of imide groups is 1. The summed E-state index contributed by atoms with van der Waals surface area (Å²) in [6.07, 6.45) is 2.94. The lowest BCUT2D eigenvalue weighted by Gasteiger charge is -2.09. The van der Waals surface area contributed by atoms with Crippen molar-refractivity contribution < 1.29 is 14.4 Å². The molecule has 20 heavy (non-hydrogen) atoms. The molecule has 108 valence electrons. The fourth-order valence-electron chi connectivity index (χ4n) is 2.13. The maximum absolute atomic E-state index is 11.8. The fourth-order valence-corrected chi connectivity index (χ4v) is 2.13. The molecule has 4 amide bonds. The molecule has 1 unspecified atom stereocenters. The summed E-state index contributed by atoms with van der Waals surface area (Å²) in [7, 11) is 3.26. The van der Waals surface area contributed by atoms with Crippen LogP contribution in [0.4, 0.5) is 4.79 Å². The Balaban J connectivity index is 1.72. The molecule has 0 bridgehead atoms. The van der Waals surface area contributed by atoms with Gasteiger partial charge in [-0.05, 0) is 25.0 Å². The molecule has 1 aliphatic heterocycles. The zero-order valence-electron chi connectivity index (χ0n) is 11.5. The standard InChI is InChI=1S/C13H18N4O3/c1-16-8-4-6-10(16)11(18)14-7-3-5-9-12(19)17(2)13(20)15-9/h4,6,8-9H,3,5,7H2,1-2H3,(H,14,18)(H,15,20). The summed E-state index contributed by atoms with van der Waals surface area (Å²) >= 11 is 0. The van der Waals surface area contributed by atoms with E-state index in [1.807, 2.05) is 0 Å². The zero-order valence-corrected chi connectivity index (χ0v) is 11.5. The molecule has 1 saturated heterocycles. The first kappa shape index (κ1) is 14.1. The summed E-state index contributed by atoms with van der Waals surface area (Å²) in [5, 5.41) is 5.39. The Labute approximate surface area is 116 Å². The van der Waals surface area contributed by atoms with E-state index in [4.69, 9.17) is 0 Å². The van der Waals surface area contributed by atoms with Crippen molar-refractivity contribution in [2.75, 3.05) is 13.6 Å². The van der Waals surface area contributed by atoms with E-state index in [9.17, 15) is 14.4 Å². The minimum atomic E-state index is -0.473. The number of amides is 4. The first-order chi connectivity index (χ1) is 9.50.